The van der Waals surface area contributed by atoms with Crippen LogP contribution in [0.5, 0.6) is 0 Å². The molecule has 0 bridgehead atoms. The van der Waals surface area contributed by atoms with Crippen molar-refractivity contribution in [2.45, 2.75) is 23.4 Å². The van der Waals surface area contributed by atoms with E-state index in [-0.39, 0.29) is 11.4 Å². The number of thioether (sulfide) groups is 1. The van der Waals surface area contributed by atoms with Crippen molar-refractivity contribution in [1.82, 2.24) is 15.3 Å². The maximum Gasteiger partial charge on any atom is 0.188 e. The zero-order valence-electron chi connectivity index (χ0n) is 7.97. The molecule has 0 spiro atoms. The Kier molecular flexibility index (Phi) is 3.00. The van der Waals surface area contributed by atoms with Gasteiger partial charge in [0.15, 0.2) is 5.16 Å². The second kappa shape index (κ2) is 4.25. The summed E-state index contributed by atoms with van der Waals surface area (Å²) in [5.41, 5.74) is 0.961. The number of β-amino-alcohol motifs (C(OH)–C–C–N with tert-alkyl or cyclic N) is 1. The number of rotatable bonds is 2. The van der Waals surface area contributed by atoms with E-state index in [1.807, 2.05) is 13.0 Å². The second-order valence-corrected chi connectivity index (χ2v) is 4.57. The van der Waals surface area contributed by atoms with E-state index in [0.717, 1.165) is 17.4 Å². The van der Waals surface area contributed by atoms with Gasteiger partial charge in [0, 0.05) is 25.0 Å². The molecule has 0 amide bonds. The number of aliphatic hydroxyl groups is 1. The lowest BCUT2D eigenvalue weighted by atomic mass is 10.3. The summed E-state index contributed by atoms with van der Waals surface area (Å²) < 4.78 is 0. The Morgan fingerprint density at radius 1 is 1.57 bits per heavy atom. The summed E-state index contributed by atoms with van der Waals surface area (Å²) in [5, 5.41) is 13.6. The lowest BCUT2D eigenvalue weighted by Crippen LogP contribution is -2.20. The average molecular weight is 211 g/mol. The molecule has 5 heteroatoms. The van der Waals surface area contributed by atoms with E-state index >= 15 is 0 Å². The van der Waals surface area contributed by atoms with E-state index in [2.05, 4.69) is 15.3 Å². The van der Waals surface area contributed by atoms with Crippen LogP contribution in [0.2, 0.25) is 0 Å². The number of hydrogen-bond acceptors (Lipinski definition) is 5. The molecule has 1 aromatic rings. The third kappa shape index (κ3) is 2.23. The van der Waals surface area contributed by atoms with Gasteiger partial charge in [-0.25, -0.2) is 9.97 Å². The van der Waals surface area contributed by atoms with Crippen LogP contribution in [0.15, 0.2) is 17.4 Å². The number of hydrogen-bond donors (Lipinski definition) is 2. The van der Waals surface area contributed by atoms with Crippen molar-refractivity contribution in [3.8, 4) is 0 Å². The van der Waals surface area contributed by atoms with Crippen molar-refractivity contribution in [1.29, 1.82) is 0 Å². The molecular weight excluding hydrogens is 198 g/mol. The summed E-state index contributed by atoms with van der Waals surface area (Å²) in [6.45, 7) is 3.43. The summed E-state index contributed by atoms with van der Waals surface area (Å²) in [7, 11) is 0. The molecular formula is C9H13N3OS. The fourth-order valence-corrected chi connectivity index (χ4v) is 2.42. The van der Waals surface area contributed by atoms with Gasteiger partial charge in [-0.2, -0.15) is 0 Å². The Labute approximate surface area is 87.2 Å². The van der Waals surface area contributed by atoms with Gasteiger partial charge in [0.1, 0.15) is 0 Å². The maximum absolute atomic E-state index is 9.58. The summed E-state index contributed by atoms with van der Waals surface area (Å²) in [4.78, 5) is 8.43. The van der Waals surface area contributed by atoms with E-state index < -0.39 is 0 Å². The Morgan fingerprint density at radius 2 is 2.43 bits per heavy atom. The van der Waals surface area contributed by atoms with Gasteiger partial charge in [-0.3, -0.25) is 0 Å². The first-order chi connectivity index (χ1) is 6.75. The summed E-state index contributed by atoms with van der Waals surface area (Å²) >= 11 is 1.54. The molecule has 0 aliphatic carbocycles. The second-order valence-electron chi connectivity index (χ2n) is 3.36. The summed E-state index contributed by atoms with van der Waals surface area (Å²) in [6, 6.07) is 1.87. The molecule has 1 aromatic heterocycles. The molecule has 76 valence electrons. The summed E-state index contributed by atoms with van der Waals surface area (Å²) in [6.07, 6.45) is 1.46. The Morgan fingerprint density at radius 3 is 3.07 bits per heavy atom. The average Bonchev–Trinajstić information content (AvgIpc) is 2.52. The first-order valence-corrected chi connectivity index (χ1v) is 5.49. The zero-order valence-corrected chi connectivity index (χ0v) is 8.79. The van der Waals surface area contributed by atoms with Gasteiger partial charge in [-0.05, 0) is 13.0 Å². The third-order valence-electron chi connectivity index (χ3n) is 2.16. The van der Waals surface area contributed by atoms with E-state index in [9.17, 15) is 5.11 Å². The lowest BCUT2D eigenvalue weighted by Gasteiger charge is -2.10. The van der Waals surface area contributed by atoms with E-state index in [1.165, 1.54) is 11.8 Å². The molecule has 2 rings (SSSR count). The highest BCUT2D eigenvalue weighted by Gasteiger charge is 2.26. The number of aliphatic hydroxyl groups excluding tert-OH is 1. The van der Waals surface area contributed by atoms with E-state index in [4.69, 9.17) is 0 Å². The fourth-order valence-electron chi connectivity index (χ4n) is 1.38. The van der Waals surface area contributed by atoms with Crippen molar-refractivity contribution in [2.24, 2.45) is 0 Å². The minimum Gasteiger partial charge on any atom is -0.391 e. The topological polar surface area (TPSA) is 58.0 Å². The maximum atomic E-state index is 9.58. The van der Waals surface area contributed by atoms with Crippen molar-refractivity contribution in [3.63, 3.8) is 0 Å². The number of nitrogens with one attached hydrogen (secondary N) is 1. The number of aryl methyl sites for hydroxylation is 1. The van der Waals surface area contributed by atoms with Crippen LogP contribution in [-0.4, -0.2) is 39.5 Å². The molecule has 0 saturated carbocycles. The zero-order chi connectivity index (χ0) is 9.97. The van der Waals surface area contributed by atoms with E-state index in [1.54, 1.807) is 6.20 Å². The van der Waals surface area contributed by atoms with Gasteiger partial charge in [-0.15, -0.1) is 0 Å². The molecule has 2 heterocycles. The van der Waals surface area contributed by atoms with Gasteiger partial charge in [0.05, 0.1) is 11.4 Å². The highest BCUT2D eigenvalue weighted by Crippen LogP contribution is 2.23. The van der Waals surface area contributed by atoms with Gasteiger partial charge < -0.3 is 10.4 Å². The van der Waals surface area contributed by atoms with Crippen LogP contribution in [-0.2, 0) is 0 Å². The molecule has 1 fully saturated rings. The SMILES string of the molecule is Cc1ccnc(SC2CNCC2O)n1. The van der Waals surface area contributed by atoms with Crippen LogP contribution in [0.1, 0.15) is 5.69 Å². The number of nitrogens with zero attached hydrogens (tertiary/aromatic N) is 2. The van der Waals surface area contributed by atoms with Crippen molar-refractivity contribution < 1.29 is 5.11 Å². The van der Waals surface area contributed by atoms with Crippen molar-refractivity contribution in [3.05, 3.63) is 18.0 Å². The van der Waals surface area contributed by atoms with Crippen LogP contribution < -0.4 is 5.32 Å². The third-order valence-corrected chi connectivity index (χ3v) is 3.35. The van der Waals surface area contributed by atoms with Crippen LogP contribution >= 0.6 is 11.8 Å². The number of aromatic nitrogens is 2. The Hall–Kier alpha value is -0.650. The molecule has 1 aliphatic heterocycles. The largest absolute Gasteiger partial charge is 0.391 e. The minimum absolute atomic E-state index is 0.178. The molecule has 2 atom stereocenters. The van der Waals surface area contributed by atoms with E-state index in [0.29, 0.717) is 6.54 Å². The highest BCUT2D eigenvalue weighted by atomic mass is 32.2. The van der Waals surface area contributed by atoms with Gasteiger partial charge >= 0.3 is 0 Å². The minimum atomic E-state index is -0.288. The first kappa shape index (κ1) is 9.89. The highest BCUT2D eigenvalue weighted by molar-refractivity contribution is 7.99. The Balaban J connectivity index is 2.03. The van der Waals surface area contributed by atoms with Crippen LogP contribution in [0.25, 0.3) is 0 Å². The van der Waals surface area contributed by atoms with Crippen molar-refractivity contribution in [2.75, 3.05) is 13.1 Å². The fraction of sp³-hybridized carbons (Fsp3) is 0.556. The molecule has 2 N–H and O–H groups in total. The predicted molar refractivity (Wildman–Crippen MR) is 55.3 cm³/mol. The van der Waals surface area contributed by atoms with Gasteiger partial charge in [0.2, 0.25) is 0 Å². The van der Waals surface area contributed by atoms with Gasteiger partial charge in [-0.1, -0.05) is 11.8 Å². The Bertz CT molecular complexity index is 321. The molecule has 2 unspecified atom stereocenters. The quantitative estimate of drug-likeness (QED) is 0.685. The molecule has 0 radical (unpaired) electrons. The summed E-state index contributed by atoms with van der Waals surface area (Å²) in [5.74, 6) is 0. The molecule has 0 aromatic carbocycles. The first-order valence-electron chi connectivity index (χ1n) is 4.61. The van der Waals surface area contributed by atoms with Crippen LogP contribution in [0.3, 0.4) is 0 Å². The molecule has 1 saturated heterocycles. The monoisotopic (exact) mass is 211 g/mol. The van der Waals surface area contributed by atoms with Crippen LogP contribution in [0.4, 0.5) is 0 Å². The normalized spacial score (nSPS) is 26.7. The van der Waals surface area contributed by atoms with Crippen molar-refractivity contribution >= 4 is 11.8 Å². The standard InChI is InChI=1S/C9H13N3OS/c1-6-2-3-11-9(12-6)14-8-5-10-4-7(8)13/h2-3,7-8,10,13H,4-5H2,1H3. The molecule has 1 aliphatic rings. The predicted octanol–water partition coefficient (Wildman–Crippen LogP) is 0.210. The van der Waals surface area contributed by atoms with Crippen LogP contribution in [0, 0.1) is 6.92 Å². The molecule has 4 nitrogen and oxygen atoms in total. The smallest absolute Gasteiger partial charge is 0.188 e. The van der Waals surface area contributed by atoms with Gasteiger partial charge in [0.25, 0.3) is 0 Å². The lowest BCUT2D eigenvalue weighted by molar-refractivity contribution is 0.201. The molecule has 14 heavy (non-hydrogen) atoms.